The maximum Gasteiger partial charge on any atom is 0.306 e. The SMILES string of the molecule is NC(=O)C(OC(=O)CCCc1nc2ccccc2s1)c1ccccc1. The molecule has 5 nitrogen and oxygen atoms in total. The van der Waals surface area contributed by atoms with Crippen LogP contribution in [0.1, 0.15) is 29.5 Å². The third kappa shape index (κ3) is 4.42. The average Bonchev–Trinajstić information content (AvgIpc) is 3.03. The quantitative estimate of drug-likeness (QED) is 0.659. The van der Waals surface area contributed by atoms with Gasteiger partial charge in [-0.25, -0.2) is 4.98 Å². The van der Waals surface area contributed by atoms with Crippen LogP contribution in [0.5, 0.6) is 0 Å². The molecule has 0 saturated heterocycles. The number of amides is 1. The van der Waals surface area contributed by atoms with Gasteiger partial charge in [-0.2, -0.15) is 0 Å². The highest BCUT2D eigenvalue weighted by molar-refractivity contribution is 7.18. The summed E-state index contributed by atoms with van der Waals surface area (Å²) in [7, 11) is 0. The fraction of sp³-hybridized carbons (Fsp3) is 0.211. The van der Waals surface area contributed by atoms with Gasteiger partial charge in [-0.05, 0) is 25.0 Å². The Labute approximate surface area is 149 Å². The number of rotatable bonds is 7. The summed E-state index contributed by atoms with van der Waals surface area (Å²) in [6, 6.07) is 16.7. The highest BCUT2D eigenvalue weighted by Gasteiger charge is 2.22. The van der Waals surface area contributed by atoms with Crippen molar-refractivity contribution in [2.75, 3.05) is 0 Å². The number of thiazole rings is 1. The van der Waals surface area contributed by atoms with Crippen molar-refractivity contribution in [3.05, 3.63) is 65.2 Å². The molecule has 6 heteroatoms. The molecule has 1 aromatic heterocycles. The van der Waals surface area contributed by atoms with Crippen molar-refractivity contribution in [3.8, 4) is 0 Å². The summed E-state index contributed by atoms with van der Waals surface area (Å²) in [6.07, 6.45) is 0.475. The zero-order valence-corrected chi connectivity index (χ0v) is 14.4. The topological polar surface area (TPSA) is 82.3 Å². The Hall–Kier alpha value is -2.73. The number of aromatic nitrogens is 1. The average molecular weight is 354 g/mol. The predicted molar refractivity (Wildman–Crippen MR) is 97.0 cm³/mol. The molecule has 25 heavy (non-hydrogen) atoms. The zero-order chi connectivity index (χ0) is 17.6. The Morgan fingerprint density at radius 2 is 1.80 bits per heavy atom. The number of nitrogens with two attached hydrogens (primary N) is 1. The van der Waals surface area contributed by atoms with Crippen molar-refractivity contribution in [3.63, 3.8) is 0 Å². The van der Waals surface area contributed by atoms with Crippen LogP contribution in [0.2, 0.25) is 0 Å². The molecule has 128 valence electrons. The molecule has 0 aliphatic rings. The summed E-state index contributed by atoms with van der Waals surface area (Å²) in [5, 5.41) is 0.989. The van der Waals surface area contributed by atoms with Crippen LogP contribution in [0.3, 0.4) is 0 Å². The molecule has 0 fully saturated rings. The minimum Gasteiger partial charge on any atom is -0.447 e. The van der Waals surface area contributed by atoms with Crippen molar-refractivity contribution in [2.24, 2.45) is 5.73 Å². The lowest BCUT2D eigenvalue weighted by Crippen LogP contribution is -2.26. The molecule has 1 amide bonds. The number of hydrogen-bond acceptors (Lipinski definition) is 5. The Morgan fingerprint density at radius 3 is 2.52 bits per heavy atom. The van der Waals surface area contributed by atoms with E-state index < -0.39 is 18.0 Å². The molecule has 3 aromatic rings. The molecule has 1 heterocycles. The van der Waals surface area contributed by atoms with Gasteiger partial charge in [0.05, 0.1) is 15.2 Å². The van der Waals surface area contributed by atoms with Crippen LogP contribution in [-0.2, 0) is 20.7 Å². The van der Waals surface area contributed by atoms with Gasteiger partial charge in [-0.1, -0.05) is 42.5 Å². The first-order chi connectivity index (χ1) is 12.1. The van der Waals surface area contributed by atoms with Crippen LogP contribution in [0.25, 0.3) is 10.2 Å². The Balaban J connectivity index is 1.54. The highest BCUT2D eigenvalue weighted by Crippen LogP contribution is 2.23. The molecule has 0 aliphatic heterocycles. The number of ether oxygens (including phenoxy) is 1. The van der Waals surface area contributed by atoms with E-state index in [-0.39, 0.29) is 6.42 Å². The van der Waals surface area contributed by atoms with Gasteiger partial charge in [0.25, 0.3) is 5.91 Å². The predicted octanol–water partition coefficient (Wildman–Crippen LogP) is 3.39. The maximum absolute atomic E-state index is 12.0. The third-order valence-electron chi connectivity index (χ3n) is 3.72. The van der Waals surface area contributed by atoms with Crippen LogP contribution >= 0.6 is 11.3 Å². The molecule has 0 radical (unpaired) electrons. The molecular formula is C19H18N2O3S. The van der Waals surface area contributed by atoms with E-state index in [0.29, 0.717) is 18.4 Å². The van der Waals surface area contributed by atoms with Crippen LogP contribution in [0.4, 0.5) is 0 Å². The second kappa shape index (κ2) is 7.90. The maximum atomic E-state index is 12.0. The second-order valence-electron chi connectivity index (χ2n) is 5.61. The van der Waals surface area contributed by atoms with Gasteiger partial charge in [0.15, 0.2) is 0 Å². The molecule has 2 N–H and O–H groups in total. The van der Waals surface area contributed by atoms with E-state index in [9.17, 15) is 9.59 Å². The van der Waals surface area contributed by atoms with E-state index in [1.807, 2.05) is 30.3 Å². The number of benzene rings is 2. The number of nitrogens with zero attached hydrogens (tertiary/aromatic N) is 1. The van der Waals surface area contributed by atoms with Crippen molar-refractivity contribution in [1.82, 2.24) is 4.98 Å². The number of esters is 1. The van der Waals surface area contributed by atoms with E-state index in [0.717, 1.165) is 15.2 Å². The third-order valence-corrected chi connectivity index (χ3v) is 4.82. The molecule has 1 atom stereocenters. The summed E-state index contributed by atoms with van der Waals surface area (Å²) in [4.78, 5) is 28.2. The van der Waals surface area contributed by atoms with Crippen LogP contribution in [-0.4, -0.2) is 16.9 Å². The van der Waals surface area contributed by atoms with Crippen molar-refractivity contribution in [1.29, 1.82) is 0 Å². The van der Waals surface area contributed by atoms with Gasteiger partial charge < -0.3 is 10.5 Å². The monoisotopic (exact) mass is 354 g/mol. The van der Waals surface area contributed by atoms with Crippen molar-refractivity contribution >= 4 is 33.4 Å². The number of fused-ring (bicyclic) bond motifs is 1. The van der Waals surface area contributed by atoms with E-state index in [1.165, 1.54) is 0 Å². The van der Waals surface area contributed by atoms with E-state index >= 15 is 0 Å². The molecule has 0 spiro atoms. The standard InChI is InChI=1S/C19H18N2O3S/c20-19(23)18(13-7-2-1-3-8-13)24-17(22)12-6-11-16-21-14-9-4-5-10-15(14)25-16/h1-5,7-10,18H,6,11-12H2,(H2,20,23). The second-order valence-corrected chi connectivity index (χ2v) is 6.73. The van der Waals surface area contributed by atoms with Crippen LogP contribution < -0.4 is 5.73 Å². The fourth-order valence-electron chi connectivity index (χ4n) is 2.52. The Bertz CT molecular complexity index is 844. The van der Waals surface area contributed by atoms with E-state index in [4.69, 9.17) is 10.5 Å². The number of carbonyl (C=O) groups is 2. The summed E-state index contributed by atoms with van der Waals surface area (Å²) in [6.45, 7) is 0. The normalized spacial score (nSPS) is 12.0. The lowest BCUT2D eigenvalue weighted by atomic mass is 10.1. The van der Waals surface area contributed by atoms with Crippen molar-refractivity contribution < 1.29 is 14.3 Å². The lowest BCUT2D eigenvalue weighted by Gasteiger charge is -2.14. The number of primary amides is 1. The zero-order valence-electron chi connectivity index (χ0n) is 13.6. The van der Waals surface area contributed by atoms with Gasteiger partial charge in [0.1, 0.15) is 0 Å². The van der Waals surface area contributed by atoms with Crippen LogP contribution in [0, 0.1) is 0 Å². The van der Waals surface area contributed by atoms with E-state index in [2.05, 4.69) is 4.98 Å². The van der Waals surface area contributed by atoms with E-state index in [1.54, 1.807) is 35.6 Å². The molecule has 1 unspecified atom stereocenters. The molecular weight excluding hydrogens is 336 g/mol. The summed E-state index contributed by atoms with van der Waals surface area (Å²) in [5.74, 6) is -1.11. The number of para-hydroxylation sites is 1. The van der Waals surface area contributed by atoms with Crippen LogP contribution in [0.15, 0.2) is 54.6 Å². The number of hydrogen-bond donors (Lipinski definition) is 1. The molecule has 0 saturated carbocycles. The van der Waals surface area contributed by atoms with Crippen molar-refractivity contribution in [2.45, 2.75) is 25.4 Å². The fourth-order valence-corrected chi connectivity index (χ4v) is 3.53. The van der Waals surface area contributed by atoms with Gasteiger partial charge in [0.2, 0.25) is 6.10 Å². The summed E-state index contributed by atoms with van der Waals surface area (Å²) < 4.78 is 6.40. The summed E-state index contributed by atoms with van der Waals surface area (Å²) in [5.41, 5.74) is 6.91. The van der Waals surface area contributed by atoms with Gasteiger partial charge >= 0.3 is 5.97 Å². The number of carbonyl (C=O) groups excluding carboxylic acids is 2. The first-order valence-corrected chi connectivity index (χ1v) is 8.83. The molecule has 3 rings (SSSR count). The first-order valence-electron chi connectivity index (χ1n) is 8.01. The molecule has 0 bridgehead atoms. The number of aryl methyl sites for hydroxylation is 1. The highest BCUT2D eigenvalue weighted by atomic mass is 32.1. The summed E-state index contributed by atoms with van der Waals surface area (Å²) >= 11 is 1.63. The molecule has 0 aliphatic carbocycles. The van der Waals surface area contributed by atoms with Gasteiger partial charge in [-0.15, -0.1) is 11.3 Å². The van der Waals surface area contributed by atoms with Gasteiger partial charge in [0, 0.05) is 12.0 Å². The minimum absolute atomic E-state index is 0.215. The smallest absolute Gasteiger partial charge is 0.306 e. The largest absolute Gasteiger partial charge is 0.447 e. The Kier molecular flexibility index (Phi) is 5.40. The molecule has 2 aromatic carbocycles. The Morgan fingerprint density at radius 1 is 1.08 bits per heavy atom. The first kappa shape index (κ1) is 17.1. The van der Waals surface area contributed by atoms with Gasteiger partial charge in [-0.3, -0.25) is 9.59 Å². The lowest BCUT2D eigenvalue weighted by molar-refractivity contribution is -0.155. The minimum atomic E-state index is -1.05.